The zero-order valence-electron chi connectivity index (χ0n) is 14.5. The van der Waals surface area contributed by atoms with Gasteiger partial charge in [-0.15, -0.1) is 11.3 Å². The van der Waals surface area contributed by atoms with Gasteiger partial charge in [0.25, 0.3) is 0 Å². The normalized spacial score (nSPS) is 10.0. The summed E-state index contributed by atoms with van der Waals surface area (Å²) in [6.07, 6.45) is -0.00894. The van der Waals surface area contributed by atoms with E-state index < -0.39 is 17.7 Å². The lowest BCUT2D eigenvalue weighted by Gasteiger charge is -2.05. The molecular weight excluding hydrogens is 380 g/mol. The van der Waals surface area contributed by atoms with Gasteiger partial charge in [0.2, 0.25) is 11.6 Å². The molecule has 1 aromatic heterocycles. The monoisotopic (exact) mass is 394 g/mol. The van der Waals surface area contributed by atoms with Crippen LogP contribution in [0.2, 0.25) is 0 Å². The van der Waals surface area contributed by atoms with Gasteiger partial charge < -0.3 is 14.2 Å². The van der Waals surface area contributed by atoms with Crippen LogP contribution in [-0.2, 0) is 4.74 Å². The second-order valence-corrected chi connectivity index (χ2v) is 6.29. The molecule has 140 valence electrons. The molecule has 1 heterocycles. The minimum absolute atomic E-state index is 0.172. The highest BCUT2D eigenvalue weighted by Gasteiger charge is 2.19. The van der Waals surface area contributed by atoms with Gasteiger partial charge in [-0.25, -0.2) is 4.79 Å². The number of carbonyl (C=O) groups excluding carboxylic acids is 3. The van der Waals surface area contributed by atoms with E-state index in [1.165, 1.54) is 47.7 Å². The van der Waals surface area contributed by atoms with Crippen molar-refractivity contribution < 1.29 is 28.6 Å². The van der Waals surface area contributed by atoms with Crippen LogP contribution in [0.15, 0.2) is 78.9 Å². The van der Waals surface area contributed by atoms with E-state index in [2.05, 4.69) is 11.3 Å². The first-order valence-corrected chi connectivity index (χ1v) is 8.94. The summed E-state index contributed by atoms with van der Waals surface area (Å²) in [6.45, 7) is 3.24. The van der Waals surface area contributed by atoms with Crippen LogP contribution in [0.3, 0.4) is 0 Å². The van der Waals surface area contributed by atoms with Crippen molar-refractivity contribution in [3.63, 3.8) is 0 Å². The summed E-state index contributed by atoms with van der Waals surface area (Å²) in [6, 6.07) is 15.6. The molecular formula is C21H14O6S. The molecule has 0 aliphatic heterocycles. The van der Waals surface area contributed by atoms with Crippen molar-refractivity contribution in [1.82, 2.24) is 0 Å². The Morgan fingerprint density at radius 2 is 1.39 bits per heavy atom. The van der Waals surface area contributed by atoms with Crippen LogP contribution in [-0.4, -0.2) is 17.7 Å². The molecule has 0 unspecified atom stereocenters. The van der Waals surface area contributed by atoms with Gasteiger partial charge in [-0.05, 0) is 66.0 Å². The van der Waals surface area contributed by atoms with E-state index in [0.29, 0.717) is 5.75 Å². The standard InChI is InChI=1S/C21H14O6S/c1-2-25-21(24)27-17-11-7-15(8-12-17)20(23)19(22)14-5-9-16(10-6-14)26-18-4-3-13-28-18/h2-13H,1H2. The third-order valence-corrected chi connectivity index (χ3v) is 4.28. The van der Waals surface area contributed by atoms with Crippen LogP contribution in [0.1, 0.15) is 20.7 Å². The maximum atomic E-state index is 12.4. The second kappa shape index (κ2) is 8.79. The van der Waals surface area contributed by atoms with Gasteiger partial charge in [0.05, 0.1) is 6.26 Å². The quantitative estimate of drug-likeness (QED) is 0.179. The highest BCUT2D eigenvalue weighted by atomic mass is 32.1. The number of hydrogen-bond acceptors (Lipinski definition) is 7. The van der Waals surface area contributed by atoms with Gasteiger partial charge in [-0.1, -0.05) is 6.58 Å². The van der Waals surface area contributed by atoms with Crippen LogP contribution in [0.4, 0.5) is 4.79 Å². The number of hydrogen-bond donors (Lipinski definition) is 0. The van der Waals surface area contributed by atoms with Crippen molar-refractivity contribution in [2.45, 2.75) is 0 Å². The van der Waals surface area contributed by atoms with Crippen LogP contribution in [0, 0.1) is 0 Å². The second-order valence-electron chi connectivity index (χ2n) is 5.38. The van der Waals surface area contributed by atoms with E-state index >= 15 is 0 Å². The molecule has 2 aromatic carbocycles. The number of ether oxygens (including phenoxy) is 3. The molecule has 0 N–H and O–H groups in total. The number of Topliss-reactive ketones (excluding diaryl/α,β-unsaturated/α-hetero) is 2. The minimum atomic E-state index is -0.949. The summed E-state index contributed by atoms with van der Waals surface area (Å²) in [4.78, 5) is 36.0. The van der Waals surface area contributed by atoms with E-state index in [-0.39, 0.29) is 16.9 Å². The SMILES string of the molecule is C=COC(=O)Oc1ccc(C(=O)C(=O)c2ccc(Oc3cccs3)cc2)cc1. The summed E-state index contributed by atoms with van der Waals surface area (Å²) < 4.78 is 14.9. The maximum absolute atomic E-state index is 12.4. The summed E-state index contributed by atoms with van der Waals surface area (Å²) in [7, 11) is 0. The molecule has 3 rings (SSSR count). The van der Waals surface area contributed by atoms with Crippen molar-refractivity contribution in [1.29, 1.82) is 0 Å². The fraction of sp³-hybridized carbons (Fsp3) is 0. The number of ketones is 2. The highest BCUT2D eigenvalue weighted by Crippen LogP contribution is 2.26. The molecule has 0 aliphatic rings. The van der Waals surface area contributed by atoms with Crippen LogP contribution in [0.5, 0.6) is 16.6 Å². The first-order chi connectivity index (χ1) is 13.6. The van der Waals surface area contributed by atoms with Gasteiger partial charge in [0.1, 0.15) is 11.5 Å². The van der Waals surface area contributed by atoms with Gasteiger partial charge in [-0.3, -0.25) is 9.59 Å². The fourth-order valence-corrected chi connectivity index (χ4v) is 2.83. The number of rotatable bonds is 7. The summed E-state index contributed by atoms with van der Waals surface area (Å²) >= 11 is 1.45. The topological polar surface area (TPSA) is 78.9 Å². The van der Waals surface area contributed by atoms with Gasteiger partial charge >= 0.3 is 6.16 Å². The average Bonchev–Trinajstić information content (AvgIpc) is 3.21. The molecule has 0 atom stereocenters. The predicted molar refractivity (Wildman–Crippen MR) is 103 cm³/mol. The third kappa shape index (κ3) is 4.72. The van der Waals surface area contributed by atoms with E-state index in [9.17, 15) is 14.4 Å². The molecule has 0 aliphatic carbocycles. The predicted octanol–water partition coefficient (Wildman–Crippen LogP) is 5.26. The number of benzene rings is 2. The van der Waals surface area contributed by atoms with Crippen LogP contribution in [0.25, 0.3) is 0 Å². The Morgan fingerprint density at radius 1 is 0.821 bits per heavy atom. The van der Waals surface area contributed by atoms with Crippen molar-refractivity contribution in [3.8, 4) is 16.6 Å². The Hall–Kier alpha value is -3.71. The summed E-state index contributed by atoms with van der Waals surface area (Å²) in [5.74, 6) is -0.583. The molecule has 0 fully saturated rings. The Balaban J connectivity index is 1.65. The Bertz CT molecular complexity index is 988. The number of thiophene rings is 1. The first kappa shape index (κ1) is 19.1. The number of carbonyl (C=O) groups is 3. The summed E-state index contributed by atoms with van der Waals surface area (Å²) in [5.41, 5.74) is 0.423. The average molecular weight is 394 g/mol. The molecule has 28 heavy (non-hydrogen) atoms. The van der Waals surface area contributed by atoms with E-state index in [1.54, 1.807) is 12.1 Å². The fourth-order valence-electron chi connectivity index (χ4n) is 2.24. The van der Waals surface area contributed by atoms with Crippen molar-refractivity contribution in [3.05, 3.63) is 90.0 Å². The van der Waals surface area contributed by atoms with Gasteiger partial charge in [0, 0.05) is 11.1 Å². The van der Waals surface area contributed by atoms with E-state index in [1.807, 2.05) is 17.5 Å². The Kier molecular flexibility index (Phi) is 5.98. The van der Waals surface area contributed by atoms with Crippen molar-refractivity contribution in [2.75, 3.05) is 0 Å². The van der Waals surface area contributed by atoms with E-state index in [4.69, 9.17) is 9.47 Å². The summed E-state index contributed by atoms with van der Waals surface area (Å²) in [5, 5.41) is 2.62. The van der Waals surface area contributed by atoms with Crippen molar-refractivity contribution >= 4 is 29.1 Å². The highest BCUT2D eigenvalue weighted by molar-refractivity contribution is 7.11. The lowest BCUT2D eigenvalue weighted by Crippen LogP contribution is -2.14. The lowest BCUT2D eigenvalue weighted by molar-refractivity contribution is 0.0817. The van der Waals surface area contributed by atoms with Gasteiger partial charge in [0.15, 0.2) is 5.06 Å². The minimum Gasteiger partial charge on any atom is -0.447 e. The smallest absolute Gasteiger partial charge is 0.447 e. The van der Waals surface area contributed by atoms with Crippen LogP contribution >= 0.6 is 11.3 Å². The zero-order valence-corrected chi connectivity index (χ0v) is 15.3. The molecule has 0 amide bonds. The largest absolute Gasteiger partial charge is 0.518 e. The zero-order chi connectivity index (χ0) is 19.9. The lowest BCUT2D eigenvalue weighted by atomic mass is 10.0. The van der Waals surface area contributed by atoms with Crippen LogP contribution < -0.4 is 9.47 Å². The van der Waals surface area contributed by atoms with E-state index in [0.717, 1.165) is 11.3 Å². The Labute approximate surface area is 164 Å². The first-order valence-electron chi connectivity index (χ1n) is 8.06. The molecule has 0 spiro atoms. The Morgan fingerprint density at radius 3 is 1.89 bits per heavy atom. The molecule has 7 heteroatoms. The molecule has 0 bridgehead atoms. The maximum Gasteiger partial charge on any atom is 0.518 e. The van der Waals surface area contributed by atoms with Crippen molar-refractivity contribution in [2.24, 2.45) is 0 Å². The third-order valence-electron chi connectivity index (χ3n) is 3.53. The molecule has 3 aromatic rings. The molecule has 0 saturated heterocycles. The molecule has 0 saturated carbocycles. The molecule has 6 nitrogen and oxygen atoms in total. The van der Waals surface area contributed by atoms with Gasteiger partial charge in [-0.2, -0.15) is 0 Å². The molecule has 0 radical (unpaired) electrons.